The molecule has 0 bridgehead atoms. The van der Waals surface area contributed by atoms with Crippen molar-refractivity contribution >= 4 is 45.6 Å². The summed E-state index contributed by atoms with van der Waals surface area (Å²) in [5.41, 5.74) is 5.81. The van der Waals surface area contributed by atoms with Crippen LogP contribution in [0.25, 0.3) is 0 Å². The van der Waals surface area contributed by atoms with Crippen molar-refractivity contribution in [3.8, 4) is 0 Å². The highest BCUT2D eigenvalue weighted by Crippen LogP contribution is 2.26. The number of hydrogen-bond donors (Lipinski definition) is 2. The molecule has 3 N–H and O–H groups in total. The lowest BCUT2D eigenvalue weighted by molar-refractivity contribution is -0.114. The number of carbonyl (C=O) groups is 1. The SMILES string of the molecule is NCC(=O)Nc1ccc(S(=O)c2ccc(Cl)c(Cl)c2)cc1. The largest absolute Gasteiger partial charge is 0.325 e. The minimum Gasteiger partial charge on any atom is -0.325 e. The minimum atomic E-state index is -1.37. The molecule has 21 heavy (non-hydrogen) atoms. The van der Waals surface area contributed by atoms with Crippen LogP contribution >= 0.6 is 23.2 Å². The molecule has 0 spiro atoms. The Morgan fingerprint density at radius 1 is 1.05 bits per heavy atom. The molecular formula is C14H12Cl2N2O2S. The monoisotopic (exact) mass is 342 g/mol. The van der Waals surface area contributed by atoms with Gasteiger partial charge in [0.1, 0.15) is 0 Å². The van der Waals surface area contributed by atoms with E-state index in [0.29, 0.717) is 25.5 Å². The van der Waals surface area contributed by atoms with E-state index < -0.39 is 10.8 Å². The zero-order valence-electron chi connectivity index (χ0n) is 10.8. The van der Waals surface area contributed by atoms with Crippen molar-refractivity contribution in [3.63, 3.8) is 0 Å². The lowest BCUT2D eigenvalue weighted by Crippen LogP contribution is -2.21. The second-order valence-electron chi connectivity index (χ2n) is 4.12. The number of nitrogens with one attached hydrogen (secondary N) is 1. The summed E-state index contributed by atoms with van der Waals surface area (Å²) in [5.74, 6) is -0.284. The molecule has 2 rings (SSSR count). The second-order valence-corrected chi connectivity index (χ2v) is 6.42. The first kappa shape index (κ1) is 16.0. The number of hydrogen-bond acceptors (Lipinski definition) is 3. The highest BCUT2D eigenvalue weighted by atomic mass is 35.5. The van der Waals surface area contributed by atoms with E-state index in [1.54, 1.807) is 42.5 Å². The average Bonchev–Trinajstić information content (AvgIpc) is 2.50. The maximum atomic E-state index is 12.4. The normalized spacial score (nSPS) is 12.0. The van der Waals surface area contributed by atoms with Gasteiger partial charge in [-0.3, -0.25) is 4.79 Å². The molecule has 0 saturated carbocycles. The Labute approximate surface area is 134 Å². The first-order chi connectivity index (χ1) is 10.0. The molecule has 4 nitrogen and oxygen atoms in total. The predicted molar refractivity (Wildman–Crippen MR) is 85.3 cm³/mol. The molecule has 0 heterocycles. The zero-order chi connectivity index (χ0) is 15.4. The van der Waals surface area contributed by atoms with Gasteiger partial charge >= 0.3 is 0 Å². The van der Waals surface area contributed by atoms with Crippen LogP contribution in [-0.4, -0.2) is 16.7 Å². The number of carbonyl (C=O) groups excluding carboxylic acids is 1. The van der Waals surface area contributed by atoms with E-state index in [0.717, 1.165) is 0 Å². The Hall–Kier alpha value is -1.40. The number of benzene rings is 2. The second kappa shape index (κ2) is 7.04. The van der Waals surface area contributed by atoms with Crippen molar-refractivity contribution < 1.29 is 9.00 Å². The van der Waals surface area contributed by atoms with Crippen molar-refractivity contribution in [1.29, 1.82) is 0 Å². The molecular weight excluding hydrogens is 331 g/mol. The van der Waals surface area contributed by atoms with Gasteiger partial charge in [-0.15, -0.1) is 0 Å². The van der Waals surface area contributed by atoms with E-state index in [4.69, 9.17) is 28.9 Å². The fourth-order valence-electron chi connectivity index (χ4n) is 1.60. The van der Waals surface area contributed by atoms with Crippen LogP contribution in [0.3, 0.4) is 0 Å². The Bertz CT molecular complexity index is 690. The van der Waals surface area contributed by atoms with Crippen molar-refractivity contribution in [2.75, 3.05) is 11.9 Å². The van der Waals surface area contributed by atoms with E-state index in [2.05, 4.69) is 5.32 Å². The van der Waals surface area contributed by atoms with Crippen molar-refractivity contribution in [3.05, 3.63) is 52.5 Å². The molecule has 0 radical (unpaired) electrons. The molecule has 1 amide bonds. The number of rotatable bonds is 4. The Balaban J connectivity index is 2.19. The highest BCUT2D eigenvalue weighted by Gasteiger charge is 2.09. The third-order valence-electron chi connectivity index (χ3n) is 2.64. The van der Waals surface area contributed by atoms with E-state index in [-0.39, 0.29) is 12.5 Å². The van der Waals surface area contributed by atoms with Gasteiger partial charge in [-0.25, -0.2) is 4.21 Å². The van der Waals surface area contributed by atoms with Gasteiger partial charge in [-0.05, 0) is 42.5 Å². The van der Waals surface area contributed by atoms with Gasteiger partial charge in [0.25, 0.3) is 0 Å². The molecule has 0 aromatic heterocycles. The van der Waals surface area contributed by atoms with Crippen LogP contribution in [0.1, 0.15) is 0 Å². The van der Waals surface area contributed by atoms with E-state index in [9.17, 15) is 9.00 Å². The summed E-state index contributed by atoms with van der Waals surface area (Å²) in [6, 6.07) is 11.5. The van der Waals surface area contributed by atoms with Crippen molar-refractivity contribution in [2.24, 2.45) is 5.73 Å². The zero-order valence-corrected chi connectivity index (χ0v) is 13.1. The van der Waals surface area contributed by atoms with Gasteiger partial charge < -0.3 is 11.1 Å². The molecule has 2 aromatic rings. The first-order valence-electron chi connectivity index (χ1n) is 5.98. The highest BCUT2D eigenvalue weighted by molar-refractivity contribution is 7.85. The molecule has 1 unspecified atom stereocenters. The van der Waals surface area contributed by atoms with Crippen LogP contribution in [0.4, 0.5) is 5.69 Å². The quantitative estimate of drug-likeness (QED) is 0.896. The van der Waals surface area contributed by atoms with Crippen LogP contribution in [0.15, 0.2) is 52.3 Å². The van der Waals surface area contributed by atoms with Crippen LogP contribution < -0.4 is 11.1 Å². The molecule has 0 fully saturated rings. The van der Waals surface area contributed by atoms with Gasteiger partial charge in [0, 0.05) is 15.5 Å². The molecule has 7 heteroatoms. The van der Waals surface area contributed by atoms with Gasteiger partial charge in [-0.1, -0.05) is 23.2 Å². The van der Waals surface area contributed by atoms with Gasteiger partial charge in [-0.2, -0.15) is 0 Å². The van der Waals surface area contributed by atoms with E-state index in [1.807, 2.05) is 0 Å². The topological polar surface area (TPSA) is 72.2 Å². The third kappa shape index (κ3) is 4.04. The van der Waals surface area contributed by atoms with Gasteiger partial charge in [0.15, 0.2) is 0 Å². The molecule has 2 aromatic carbocycles. The average molecular weight is 343 g/mol. The summed E-state index contributed by atoms with van der Waals surface area (Å²) in [5, 5.41) is 3.38. The number of halogens is 2. The van der Waals surface area contributed by atoms with Crippen LogP contribution in [0, 0.1) is 0 Å². The third-order valence-corrected chi connectivity index (χ3v) is 4.76. The summed E-state index contributed by atoms with van der Waals surface area (Å²) in [6.07, 6.45) is 0. The van der Waals surface area contributed by atoms with Crippen molar-refractivity contribution in [2.45, 2.75) is 9.79 Å². The smallest absolute Gasteiger partial charge is 0.238 e. The number of nitrogens with two attached hydrogens (primary N) is 1. The maximum Gasteiger partial charge on any atom is 0.238 e. The molecule has 0 aliphatic carbocycles. The van der Waals surface area contributed by atoms with Gasteiger partial charge in [0.2, 0.25) is 5.91 Å². The lowest BCUT2D eigenvalue weighted by Gasteiger charge is -2.06. The Morgan fingerprint density at radius 3 is 2.24 bits per heavy atom. The number of anilines is 1. The van der Waals surface area contributed by atoms with Crippen LogP contribution in [0.2, 0.25) is 10.0 Å². The molecule has 110 valence electrons. The fraction of sp³-hybridized carbons (Fsp3) is 0.0714. The molecule has 0 saturated heterocycles. The van der Waals surface area contributed by atoms with E-state index in [1.165, 1.54) is 0 Å². The lowest BCUT2D eigenvalue weighted by atomic mass is 10.3. The summed E-state index contributed by atoms with van der Waals surface area (Å²) in [6.45, 7) is -0.0864. The van der Waals surface area contributed by atoms with Crippen LogP contribution in [0.5, 0.6) is 0 Å². The Kier molecular flexibility index (Phi) is 5.36. The maximum absolute atomic E-state index is 12.4. The molecule has 1 atom stereocenters. The number of amides is 1. The summed E-state index contributed by atoms with van der Waals surface area (Å²) >= 11 is 11.8. The van der Waals surface area contributed by atoms with E-state index >= 15 is 0 Å². The standard InChI is InChI=1S/C14H12Cl2N2O2S/c15-12-6-5-11(7-13(12)16)21(20)10-3-1-9(2-4-10)18-14(19)8-17/h1-7H,8,17H2,(H,18,19). The molecule has 0 aliphatic rings. The fourth-order valence-corrected chi connectivity index (χ4v) is 3.04. The first-order valence-corrected chi connectivity index (χ1v) is 7.88. The van der Waals surface area contributed by atoms with Crippen molar-refractivity contribution in [1.82, 2.24) is 0 Å². The van der Waals surface area contributed by atoms with Gasteiger partial charge in [0.05, 0.1) is 27.4 Å². The summed E-state index contributed by atoms with van der Waals surface area (Å²) in [7, 11) is -1.37. The minimum absolute atomic E-state index is 0.0864. The summed E-state index contributed by atoms with van der Waals surface area (Å²) < 4.78 is 12.4. The summed E-state index contributed by atoms with van der Waals surface area (Å²) in [4.78, 5) is 12.3. The van der Waals surface area contributed by atoms with Crippen LogP contribution in [-0.2, 0) is 15.6 Å². The Morgan fingerprint density at radius 2 is 1.67 bits per heavy atom. The molecule has 0 aliphatic heterocycles. The predicted octanol–water partition coefficient (Wildman–Crippen LogP) is 3.06.